The van der Waals surface area contributed by atoms with Crippen molar-refractivity contribution >= 4 is 5.91 Å². The first kappa shape index (κ1) is 10.1. The zero-order valence-electron chi connectivity index (χ0n) is 8.73. The molecule has 82 valence electrons. The third-order valence-electron chi connectivity index (χ3n) is 2.60. The van der Waals surface area contributed by atoms with Crippen LogP contribution in [0.1, 0.15) is 18.7 Å². The third kappa shape index (κ3) is 2.33. The molecule has 2 N–H and O–H groups in total. The molecule has 15 heavy (non-hydrogen) atoms. The second kappa shape index (κ2) is 4.39. The van der Waals surface area contributed by atoms with Crippen molar-refractivity contribution in [3.63, 3.8) is 0 Å². The molecule has 1 aromatic rings. The van der Waals surface area contributed by atoms with Gasteiger partial charge in [-0.3, -0.25) is 4.79 Å². The quantitative estimate of drug-likeness (QED) is 0.682. The Morgan fingerprint density at radius 2 is 2.67 bits per heavy atom. The third-order valence-corrected chi connectivity index (χ3v) is 2.60. The molecule has 0 saturated carbocycles. The molecule has 0 radical (unpaired) electrons. The summed E-state index contributed by atoms with van der Waals surface area (Å²) in [6, 6.07) is -0.0294. The average Bonchev–Trinajstić information content (AvgIpc) is 2.85. The summed E-state index contributed by atoms with van der Waals surface area (Å²) >= 11 is 0. The summed E-state index contributed by atoms with van der Waals surface area (Å²) in [5.41, 5.74) is 0. The predicted octanol–water partition coefficient (Wildman–Crippen LogP) is -0.817. The Balaban J connectivity index is 1.83. The van der Waals surface area contributed by atoms with Crippen molar-refractivity contribution in [3.05, 3.63) is 12.2 Å². The number of nitrogens with zero attached hydrogens (tertiary/aromatic N) is 3. The first-order chi connectivity index (χ1) is 7.27. The highest BCUT2D eigenvalue weighted by molar-refractivity contribution is 5.81. The van der Waals surface area contributed by atoms with Gasteiger partial charge in [-0.05, 0) is 19.4 Å². The lowest BCUT2D eigenvalue weighted by Gasteiger charge is -2.10. The van der Waals surface area contributed by atoms with Crippen LogP contribution < -0.4 is 10.6 Å². The molecule has 6 nitrogen and oxygen atoms in total. The van der Waals surface area contributed by atoms with Crippen molar-refractivity contribution in [2.45, 2.75) is 25.4 Å². The summed E-state index contributed by atoms with van der Waals surface area (Å²) in [6.45, 7) is 1.37. The Labute approximate surface area is 88.1 Å². The second-order valence-corrected chi connectivity index (χ2v) is 3.72. The van der Waals surface area contributed by atoms with Gasteiger partial charge in [0.15, 0.2) is 5.82 Å². The highest BCUT2D eigenvalue weighted by Gasteiger charge is 2.21. The fourth-order valence-corrected chi connectivity index (χ4v) is 1.66. The Kier molecular flexibility index (Phi) is 2.96. The van der Waals surface area contributed by atoms with Crippen LogP contribution in [0.5, 0.6) is 0 Å². The summed E-state index contributed by atoms with van der Waals surface area (Å²) in [4.78, 5) is 11.6. The molecule has 0 unspecified atom stereocenters. The predicted molar refractivity (Wildman–Crippen MR) is 53.9 cm³/mol. The van der Waals surface area contributed by atoms with Crippen molar-refractivity contribution in [2.75, 3.05) is 6.54 Å². The van der Waals surface area contributed by atoms with Gasteiger partial charge in [-0.15, -0.1) is 10.2 Å². The van der Waals surface area contributed by atoms with Gasteiger partial charge in [0.2, 0.25) is 5.91 Å². The molecule has 1 aliphatic heterocycles. The number of rotatable bonds is 3. The van der Waals surface area contributed by atoms with Gasteiger partial charge in [-0.1, -0.05) is 0 Å². The molecule has 0 bridgehead atoms. The van der Waals surface area contributed by atoms with E-state index in [2.05, 4.69) is 20.8 Å². The van der Waals surface area contributed by atoms with Gasteiger partial charge in [-0.2, -0.15) is 0 Å². The van der Waals surface area contributed by atoms with Crippen LogP contribution in [-0.4, -0.2) is 33.3 Å². The van der Waals surface area contributed by atoms with Crippen LogP contribution in [0.15, 0.2) is 6.33 Å². The highest BCUT2D eigenvalue weighted by atomic mass is 16.2. The minimum absolute atomic E-state index is 0.0294. The number of nitrogens with one attached hydrogen (secondary N) is 2. The second-order valence-electron chi connectivity index (χ2n) is 3.72. The molecule has 1 aliphatic rings. The van der Waals surface area contributed by atoms with Crippen LogP contribution in [-0.2, 0) is 18.4 Å². The number of aromatic nitrogens is 3. The standard InChI is InChI=1S/C9H15N5O/c1-14-6-12-13-8(14)5-11-9(15)7-3-2-4-10-7/h6-7,10H,2-5H2,1H3,(H,11,15)/t7-/m1/s1. The molecule has 0 aromatic carbocycles. The maximum atomic E-state index is 11.6. The maximum Gasteiger partial charge on any atom is 0.237 e. The first-order valence-corrected chi connectivity index (χ1v) is 5.11. The van der Waals surface area contributed by atoms with E-state index >= 15 is 0 Å². The Hall–Kier alpha value is -1.43. The van der Waals surface area contributed by atoms with Crippen LogP contribution in [0.2, 0.25) is 0 Å². The number of amides is 1. The van der Waals surface area contributed by atoms with Crippen molar-refractivity contribution in [2.24, 2.45) is 7.05 Å². The van der Waals surface area contributed by atoms with Crippen molar-refractivity contribution in [1.29, 1.82) is 0 Å². The van der Waals surface area contributed by atoms with Gasteiger partial charge >= 0.3 is 0 Å². The Morgan fingerprint density at radius 3 is 3.27 bits per heavy atom. The molecule has 2 heterocycles. The number of aryl methyl sites for hydroxylation is 1. The van der Waals surface area contributed by atoms with E-state index in [1.807, 2.05) is 7.05 Å². The molecular formula is C9H15N5O. The van der Waals surface area contributed by atoms with Crippen molar-refractivity contribution in [1.82, 2.24) is 25.4 Å². The monoisotopic (exact) mass is 209 g/mol. The summed E-state index contributed by atoms with van der Waals surface area (Å²) in [5.74, 6) is 0.817. The molecule has 1 atom stereocenters. The van der Waals surface area contributed by atoms with Gasteiger partial charge in [-0.25, -0.2) is 0 Å². The SMILES string of the molecule is Cn1cnnc1CNC(=O)[C@H]1CCCN1. The van der Waals surface area contributed by atoms with Crippen molar-refractivity contribution < 1.29 is 4.79 Å². The van der Waals surface area contributed by atoms with Crippen LogP contribution in [0.3, 0.4) is 0 Å². The fourth-order valence-electron chi connectivity index (χ4n) is 1.66. The molecule has 2 rings (SSSR count). The minimum atomic E-state index is -0.0294. The largest absolute Gasteiger partial charge is 0.347 e. The van der Waals surface area contributed by atoms with E-state index in [-0.39, 0.29) is 11.9 Å². The Bertz CT molecular complexity index is 342. The van der Waals surface area contributed by atoms with Crippen LogP contribution in [0, 0.1) is 0 Å². The smallest absolute Gasteiger partial charge is 0.237 e. The van der Waals surface area contributed by atoms with Gasteiger partial charge in [0, 0.05) is 7.05 Å². The highest BCUT2D eigenvalue weighted by Crippen LogP contribution is 2.04. The van der Waals surface area contributed by atoms with E-state index < -0.39 is 0 Å². The van der Waals surface area contributed by atoms with E-state index in [1.165, 1.54) is 0 Å². The molecule has 1 saturated heterocycles. The van der Waals surface area contributed by atoms with Gasteiger partial charge in [0.25, 0.3) is 0 Å². The summed E-state index contributed by atoms with van der Waals surface area (Å²) in [7, 11) is 1.86. The lowest BCUT2D eigenvalue weighted by Crippen LogP contribution is -2.40. The number of hydrogen-bond acceptors (Lipinski definition) is 4. The van der Waals surface area contributed by atoms with E-state index in [1.54, 1.807) is 10.9 Å². The molecule has 0 spiro atoms. The van der Waals surface area contributed by atoms with E-state index in [0.29, 0.717) is 6.54 Å². The topological polar surface area (TPSA) is 71.8 Å². The number of hydrogen-bond donors (Lipinski definition) is 2. The lowest BCUT2D eigenvalue weighted by molar-refractivity contribution is -0.123. The van der Waals surface area contributed by atoms with Gasteiger partial charge in [0.05, 0.1) is 12.6 Å². The number of carbonyl (C=O) groups is 1. The summed E-state index contributed by atoms with van der Waals surface area (Å²) in [6.07, 6.45) is 3.61. The fraction of sp³-hybridized carbons (Fsp3) is 0.667. The molecule has 1 amide bonds. The Morgan fingerprint density at radius 1 is 1.80 bits per heavy atom. The average molecular weight is 209 g/mol. The van der Waals surface area contributed by atoms with Gasteiger partial charge < -0.3 is 15.2 Å². The normalized spacial score (nSPS) is 20.5. The minimum Gasteiger partial charge on any atom is -0.347 e. The maximum absolute atomic E-state index is 11.6. The summed E-state index contributed by atoms with van der Waals surface area (Å²) in [5, 5.41) is 13.6. The molecular weight excluding hydrogens is 194 g/mol. The molecule has 6 heteroatoms. The van der Waals surface area contributed by atoms with Crippen LogP contribution in [0.4, 0.5) is 0 Å². The van der Waals surface area contributed by atoms with Crippen molar-refractivity contribution in [3.8, 4) is 0 Å². The van der Waals surface area contributed by atoms with E-state index in [0.717, 1.165) is 25.2 Å². The van der Waals surface area contributed by atoms with Crippen LogP contribution >= 0.6 is 0 Å². The van der Waals surface area contributed by atoms with Gasteiger partial charge in [0.1, 0.15) is 6.33 Å². The molecule has 1 fully saturated rings. The lowest BCUT2D eigenvalue weighted by atomic mass is 10.2. The first-order valence-electron chi connectivity index (χ1n) is 5.11. The van der Waals surface area contributed by atoms with Crippen LogP contribution in [0.25, 0.3) is 0 Å². The molecule has 1 aromatic heterocycles. The van der Waals surface area contributed by atoms with E-state index in [4.69, 9.17) is 0 Å². The van der Waals surface area contributed by atoms with E-state index in [9.17, 15) is 4.79 Å². The molecule has 0 aliphatic carbocycles. The number of carbonyl (C=O) groups excluding carboxylic acids is 1. The zero-order chi connectivity index (χ0) is 10.7. The zero-order valence-corrected chi connectivity index (χ0v) is 8.73. The summed E-state index contributed by atoms with van der Waals surface area (Å²) < 4.78 is 1.79.